The highest BCUT2D eigenvalue weighted by molar-refractivity contribution is 7.91. The van der Waals surface area contributed by atoms with E-state index in [1.54, 1.807) is 10.9 Å². The number of sulfone groups is 1. The van der Waals surface area contributed by atoms with E-state index in [1.807, 2.05) is 13.2 Å². The molecule has 0 amide bonds. The number of rotatable bonds is 8. The Labute approximate surface area is 192 Å². The monoisotopic (exact) mass is 482 g/mol. The van der Waals surface area contributed by atoms with E-state index < -0.39 is 9.84 Å². The van der Waals surface area contributed by atoms with Crippen molar-refractivity contribution in [3.63, 3.8) is 0 Å². The Morgan fingerprint density at radius 2 is 2.00 bits per heavy atom. The molecule has 0 spiro atoms. The van der Waals surface area contributed by atoms with Gasteiger partial charge in [-0.05, 0) is 18.8 Å². The van der Waals surface area contributed by atoms with E-state index in [0.29, 0.717) is 35.9 Å². The first-order chi connectivity index (χ1) is 15.4. The van der Waals surface area contributed by atoms with Gasteiger partial charge in [0.05, 0.1) is 54.9 Å². The van der Waals surface area contributed by atoms with Crippen molar-refractivity contribution in [1.29, 1.82) is 0 Å². The van der Waals surface area contributed by atoms with Crippen LogP contribution in [0.4, 0.5) is 17.5 Å². The zero-order valence-electron chi connectivity index (χ0n) is 17.8. The molecule has 4 atom stereocenters. The normalized spacial score (nSPS) is 27.8. The van der Waals surface area contributed by atoms with Gasteiger partial charge in [0.15, 0.2) is 15.7 Å². The molecule has 2 aliphatic heterocycles. The predicted octanol–water partition coefficient (Wildman–Crippen LogP) is 2.02. The molecule has 174 valence electrons. The van der Waals surface area contributed by atoms with Gasteiger partial charge in [0.1, 0.15) is 11.1 Å². The lowest BCUT2D eigenvalue weighted by atomic mass is 9.87. The summed E-state index contributed by atoms with van der Waals surface area (Å²) in [6, 6.07) is -0.182. The van der Waals surface area contributed by atoms with Crippen LogP contribution in [0.3, 0.4) is 0 Å². The topological polar surface area (TPSA) is 120 Å². The molecule has 0 bridgehead atoms. The Bertz CT molecular complexity index is 1080. The highest BCUT2D eigenvalue weighted by Crippen LogP contribution is 2.35. The van der Waals surface area contributed by atoms with Crippen LogP contribution in [0.2, 0.25) is 5.02 Å². The van der Waals surface area contributed by atoms with Crippen LogP contribution >= 0.6 is 11.6 Å². The summed E-state index contributed by atoms with van der Waals surface area (Å²) in [6.07, 6.45) is 7.68. The maximum absolute atomic E-state index is 12.6. The number of aryl methyl sites for hydroxylation is 1. The van der Waals surface area contributed by atoms with Crippen molar-refractivity contribution in [3.8, 4) is 0 Å². The van der Waals surface area contributed by atoms with Crippen molar-refractivity contribution in [2.75, 3.05) is 35.4 Å². The molecule has 2 saturated heterocycles. The summed E-state index contributed by atoms with van der Waals surface area (Å²) in [5, 5.41) is 10.9. The van der Waals surface area contributed by atoms with Crippen LogP contribution < -0.4 is 10.6 Å². The molecule has 1 aliphatic carbocycles. The van der Waals surface area contributed by atoms with Crippen LogP contribution in [0.5, 0.6) is 0 Å². The third-order valence-corrected chi connectivity index (χ3v) is 8.56. The Kier molecular flexibility index (Phi) is 5.99. The summed E-state index contributed by atoms with van der Waals surface area (Å²) in [5.41, 5.74) is 0.759. The zero-order valence-corrected chi connectivity index (χ0v) is 19.3. The lowest BCUT2D eigenvalue weighted by Crippen LogP contribution is -2.37. The number of nitrogens with one attached hydrogen (secondary N) is 2. The molecule has 10 nitrogen and oxygen atoms in total. The first-order valence-corrected chi connectivity index (χ1v) is 13.0. The van der Waals surface area contributed by atoms with Crippen LogP contribution in [0, 0.1) is 11.8 Å². The van der Waals surface area contributed by atoms with Gasteiger partial charge in [-0.25, -0.2) is 13.4 Å². The summed E-state index contributed by atoms with van der Waals surface area (Å²) in [7, 11) is -1.29. The zero-order chi connectivity index (χ0) is 22.3. The van der Waals surface area contributed by atoms with E-state index >= 15 is 0 Å². The van der Waals surface area contributed by atoms with E-state index in [9.17, 15) is 8.42 Å². The number of anilines is 3. The molecule has 32 heavy (non-hydrogen) atoms. The summed E-state index contributed by atoms with van der Waals surface area (Å²) in [4.78, 5) is 8.68. The fourth-order valence-electron chi connectivity index (χ4n) is 4.58. The molecule has 3 fully saturated rings. The van der Waals surface area contributed by atoms with Crippen molar-refractivity contribution < 1.29 is 17.9 Å². The van der Waals surface area contributed by atoms with Gasteiger partial charge in [-0.15, -0.1) is 0 Å². The van der Waals surface area contributed by atoms with Gasteiger partial charge in [0.2, 0.25) is 5.95 Å². The number of halogens is 1. The van der Waals surface area contributed by atoms with E-state index in [2.05, 4.69) is 25.7 Å². The summed E-state index contributed by atoms with van der Waals surface area (Å²) in [6.45, 7) is 0.767. The molecule has 0 aromatic carbocycles. The van der Waals surface area contributed by atoms with Crippen LogP contribution in [0.15, 0.2) is 18.6 Å². The molecule has 2 aromatic heterocycles. The van der Waals surface area contributed by atoms with E-state index in [4.69, 9.17) is 21.1 Å². The second-order valence-corrected chi connectivity index (χ2v) is 11.5. The second kappa shape index (κ2) is 8.77. The van der Waals surface area contributed by atoms with Crippen molar-refractivity contribution in [2.24, 2.45) is 18.9 Å². The highest BCUT2D eigenvalue weighted by atomic mass is 35.5. The Hall–Kier alpha value is -1.95. The number of fused-ring (bicyclic) bond motifs is 1. The molecule has 2 aromatic rings. The first-order valence-electron chi connectivity index (χ1n) is 10.8. The Balaban J connectivity index is 1.22. The lowest BCUT2D eigenvalue weighted by molar-refractivity contribution is 0.0656. The molecule has 4 heterocycles. The second-order valence-electron chi connectivity index (χ2n) is 8.90. The molecule has 12 heteroatoms. The number of ether oxygens (including phenoxy) is 2. The highest BCUT2D eigenvalue weighted by Gasteiger charge is 2.49. The lowest BCUT2D eigenvalue weighted by Gasteiger charge is -2.25. The number of hydrogen-bond acceptors (Lipinski definition) is 9. The maximum atomic E-state index is 12.6. The van der Waals surface area contributed by atoms with Gasteiger partial charge in [0.25, 0.3) is 0 Å². The van der Waals surface area contributed by atoms with Gasteiger partial charge >= 0.3 is 0 Å². The molecule has 5 rings (SSSR count). The van der Waals surface area contributed by atoms with E-state index in [1.165, 1.54) is 6.20 Å². The van der Waals surface area contributed by atoms with Gasteiger partial charge in [-0.2, -0.15) is 10.1 Å². The Morgan fingerprint density at radius 1 is 1.19 bits per heavy atom. The van der Waals surface area contributed by atoms with E-state index in [-0.39, 0.29) is 35.7 Å². The number of hydrogen-bond donors (Lipinski definition) is 2. The van der Waals surface area contributed by atoms with Crippen molar-refractivity contribution in [2.45, 2.75) is 37.5 Å². The number of aromatic nitrogens is 4. The average Bonchev–Trinajstić information content (AvgIpc) is 3.40. The standard InChI is InChI=1S/C20H27ClN6O4S/c1-27-7-14(5-23-27)24-20-22-6-15(21)19(26-20)25-16-9-31-17-13(8-30-18(16)17)11-32(28,29)10-12-3-2-4-12/h5-7,12-13,16-18H,2-4,8-11H2,1H3,(H2,22,24,25,26)/t13-,16-,17?,18?/m1/s1. The molecular formula is C20H27ClN6O4S. The fraction of sp³-hybridized carbons (Fsp3) is 0.650. The third-order valence-electron chi connectivity index (χ3n) is 6.37. The number of nitrogens with zero attached hydrogens (tertiary/aromatic N) is 4. The predicted molar refractivity (Wildman–Crippen MR) is 120 cm³/mol. The average molecular weight is 483 g/mol. The van der Waals surface area contributed by atoms with Crippen molar-refractivity contribution in [1.82, 2.24) is 19.7 Å². The van der Waals surface area contributed by atoms with Crippen molar-refractivity contribution >= 4 is 38.9 Å². The van der Waals surface area contributed by atoms with Crippen LogP contribution in [0.25, 0.3) is 0 Å². The minimum Gasteiger partial charge on any atom is -0.373 e. The largest absolute Gasteiger partial charge is 0.373 e. The summed E-state index contributed by atoms with van der Waals surface area (Å²) >= 11 is 6.32. The summed E-state index contributed by atoms with van der Waals surface area (Å²) in [5.74, 6) is 1.42. The SMILES string of the molecule is Cn1cc(Nc2ncc(Cl)c(N[C@@H]3COC4C3OC[C@@H]4CS(=O)(=O)CC3CCC3)n2)cn1. The van der Waals surface area contributed by atoms with E-state index in [0.717, 1.165) is 24.9 Å². The maximum Gasteiger partial charge on any atom is 0.229 e. The molecule has 3 aliphatic rings. The quantitative estimate of drug-likeness (QED) is 0.582. The van der Waals surface area contributed by atoms with Crippen LogP contribution in [-0.4, -0.2) is 71.1 Å². The van der Waals surface area contributed by atoms with Gasteiger partial charge in [-0.1, -0.05) is 18.0 Å². The van der Waals surface area contributed by atoms with Crippen LogP contribution in [0.1, 0.15) is 19.3 Å². The minimum atomic E-state index is -3.12. The van der Waals surface area contributed by atoms with Gasteiger partial charge < -0.3 is 20.1 Å². The summed E-state index contributed by atoms with van der Waals surface area (Å²) < 4.78 is 38.8. The van der Waals surface area contributed by atoms with Crippen molar-refractivity contribution in [3.05, 3.63) is 23.6 Å². The molecular weight excluding hydrogens is 456 g/mol. The third kappa shape index (κ3) is 4.70. The van der Waals surface area contributed by atoms with Gasteiger partial charge in [0, 0.05) is 19.2 Å². The Morgan fingerprint density at radius 3 is 2.72 bits per heavy atom. The molecule has 2 N–H and O–H groups in total. The molecule has 0 radical (unpaired) electrons. The minimum absolute atomic E-state index is 0.116. The fourth-order valence-corrected chi connectivity index (χ4v) is 6.85. The van der Waals surface area contributed by atoms with Gasteiger partial charge in [-0.3, -0.25) is 4.68 Å². The smallest absolute Gasteiger partial charge is 0.229 e. The first kappa shape index (κ1) is 21.9. The van der Waals surface area contributed by atoms with Crippen LogP contribution in [-0.2, 0) is 26.4 Å². The molecule has 2 unspecified atom stereocenters. The molecule has 1 saturated carbocycles.